The number of ether oxygens (including phenoxy) is 5. The van der Waals surface area contributed by atoms with Gasteiger partial charge in [0.25, 0.3) is 0 Å². The summed E-state index contributed by atoms with van der Waals surface area (Å²) in [5, 5.41) is 0. The fraction of sp³-hybridized carbons (Fsp3) is 0.355. The minimum absolute atomic E-state index is 0.0557. The zero-order valence-electron chi connectivity index (χ0n) is 20.9. The normalized spacial score (nSPS) is 23.9. The van der Waals surface area contributed by atoms with Gasteiger partial charge in [0.2, 0.25) is 0 Å². The molecule has 3 aromatic rings. The van der Waals surface area contributed by atoms with Gasteiger partial charge in [0.05, 0.1) is 39.1 Å². The zero-order valence-corrected chi connectivity index (χ0v) is 20.9. The van der Waals surface area contributed by atoms with E-state index in [1.54, 1.807) is 6.08 Å². The molecular formula is C31H36O5. The van der Waals surface area contributed by atoms with E-state index in [0.717, 1.165) is 16.7 Å². The molecule has 5 heteroatoms. The molecule has 36 heavy (non-hydrogen) atoms. The molecule has 0 amide bonds. The number of benzene rings is 3. The van der Waals surface area contributed by atoms with Crippen molar-refractivity contribution < 1.29 is 23.7 Å². The van der Waals surface area contributed by atoms with Gasteiger partial charge in [-0.1, -0.05) is 104 Å². The molecule has 0 aromatic heterocycles. The molecule has 0 spiro atoms. The molecule has 190 valence electrons. The molecule has 1 aliphatic rings. The molecule has 0 aliphatic carbocycles. The third-order valence-electron chi connectivity index (χ3n) is 6.29. The summed E-state index contributed by atoms with van der Waals surface area (Å²) in [5.41, 5.74) is 3.32. The van der Waals surface area contributed by atoms with Crippen LogP contribution in [0.4, 0.5) is 0 Å². The molecule has 0 radical (unpaired) electrons. The van der Waals surface area contributed by atoms with E-state index in [0.29, 0.717) is 33.0 Å². The third-order valence-corrected chi connectivity index (χ3v) is 6.29. The van der Waals surface area contributed by atoms with Gasteiger partial charge in [0, 0.05) is 5.92 Å². The molecule has 3 aromatic carbocycles. The largest absolute Gasteiger partial charge is 0.374 e. The molecule has 1 saturated heterocycles. The van der Waals surface area contributed by atoms with Gasteiger partial charge in [-0.05, 0) is 16.7 Å². The summed E-state index contributed by atoms with van der Waals surface area (Å²) in [6, 6.07) is 30.4. The standard InChI is InChI=1S/C31H36O5/c1-3-19-33-31-24(2)29(34-21-26-15-9-5-10-16-26)30(35-22-27-17-11-6-12-18-27)28(36-31)23-32-20-25-13-7-4-8-14-25/h3-18,24,28-31H,1,19-23H2,2H3/t24-,28+,29+,30+,31-/m0/s1. The van der Waals surface area contributed by atoms with E-state index in [2.05, 4.69) is 49.9 Å². The van der Waals surface area contributed by atoms with Crippen molar-refractivity contribution in [2.24, 2.45) is 5.92 Å². The molecule has 0 unspecified atom stereocenters. The highest BCUT2D eigenvalue weighted by molar-refractivity contribution is 5.15. The Morgan fingerprint density at radius 3 is 1.72 bits per heavy atom. The van der Waals surface area contributed by atoms with Crippen molar-refractivity contribution in [1.82, 2.24) is 0 Å². The Morgan fingerprint density at radius 1 is 0.694 bits per heavy atom. The first-order valence-electron chi connectivity index (χ1n) is 12.6. The highest BCUT2D eigenvalue weighted by Crippen LogP contribution is 2.32. The van der Waals surface area contributed by atoms with Crippen LogP contribution in [0.2, 0.25) is 0 Å². The lowest BCUT2D eigenvalue weighted by Crippen LogP contribution is -2.57. The van der Waals surface area contributed by atoms with Crippen molar-refractivity contribution in [3.8, 4) is 0 Å². The Balaban J connectivity index is 1.51. The van der Waals surface area contributed by atoms with E-state index >= 15 is 0 Å². The van der Waals surface area contributed by atoms with Crippen LogP contribution in [0.5, 0.6) is 0 Å². The number of hydrogen-bond acceptors (Lipinski definition) is 5. The summed E-state index contributed by atoms with van der Waals surface area (Å²) in [6.45, 7) is 8.06. The lowest BCUT2D eigenvalue weighted by Gasteiger charge is -2.45. The van der Waals surface area contributed by atoms with Gasteiger partial charge in [0.15, 0.2) is 6.29 Å². The number of rotatable bonds is 13. The average molecular weight is 489 g/mol. The fourth-order valence-electron chi connectivity index (χ4n) is 4.38. The smallest absolute Gasteiger partial charge is 0.163 e. The zero-order chi connectivity index (χ0) is 25.0. The third kappa shape index (κ3) is 7.60. The molecule has 1 heterocycles. The topological polar surface area (TPSA) is 46.2 Å². The summed E-state index contributed by atoms with van der Waals surface area (Å²) in [7, 11) is 0. The van der Waals surface area contributed by atoms with Crippen molar-refractivity contribution in [3.63, 3.8) is 0 Å². The van der Waals surface area contributed by atoms with Crippen LogP contribution in [0.15, 0.2) is 104 Å². The van der Waals surface area contributed by atoms with Gasteiger partial charge >= 0.3 is 0 Å². The van der Waals surface area contributed by atoms with Crippen molar-refractivity contribution >= 4 is 0 Å². The molecule has 0 saturated carbocycles. The highest BCUT2D eigenvalue weighted by atomic mass is 16.7. The van der Waals surface area contributed by atoms with E-state index in [9.17, 15) is 0 Å². The monoisotopic (exact) mass is 488 g/mol. The average Bonchev–Trinajstić information content (AvgIpc) is 2.93. The van der Waals surface area contributed by atoms with Crippen molar-refractivity contribution in [1.29, 1.82) is 0 Å². The van der Waals surface area contributed by atoms with E-state index in [4.69, 9.17) is 23.7 Å². The van der Waals surface area contributed by atoms with Gasteiger partial charge in [-0.25, -0.2) is 0 Å². The Bertz CT molecular complexity index is 1010. The van der Waals surface area contributed by atoms with E-state index < -0.39 is 6.29 Å². The van der Waals surface area contributed by atoms with Crippen molar-refractivity contribution in [3.05, 3.63) is 120 Å². The lowest BCUT2D eigenvalue weighted by atomic mass is 9.91. The van der Waals surface area contributed by atoms with Gasteiger partial charge in [-0.3, -0.25) is 0 Å². The Kier molecular flexibility index (Phi) is 10.3. The maximum atomic E-state index is 6.52. The van der Waals surface area contributed by atoms with Crippen LogP contribution >= 0.6 is 0 Å². The first-order valence-corrected chi connectivity index (χ1v) is 12.6. The maximum Gasteiger partial charge on any atom is 0.163 e. The van der Waals surface area contributed by atoms with E-state index in [1.807, 2.05) is 54.6 Å². The van der Waals surface area contributed by atoms with Crippen molar-refractivity contribution in [2.45, 2.75) is 51.3 Å². The van der Waals surface area contributed by atoms with Gasteiger partial charge in [-0.2, -0.15) is 0 Å². The maximum absolute atomic E-state index is 6.52. The first kappa shape index (κ1) is 26.3. The van der Waals surface area contributed by atoms with Crippen LogP contribution in [-0.2, 0) is 43.5 Å². The minimum Gasteiger partial charge on any atom is -0.374 e. The summed E-state index contributed by atoms with van der Waals surface area (Å²) in [4.78, 5) is 0. The van der Waals surface area contributed by atoms with Crippen LogP contribution < -0.4 is 0 Å². The van der Waals surface area contributed by atoms with E-state index in [1.165, 1.54) is 0 Å². The van der Waals surface area contributed by atoms with Gasteiger partial charge in [0.1, 0.15) is 12.2 Å². The number of hydrogen-bond donors (Lipinski definition) is 0. The fourth-order valence-corrected chi connectivity index (χ4v) is 4.38. The second-order valence-electron chi connectivity index (χ2n) is 9.05. The molecule has 4 rings (SSSR count). The molecule has 1 fully saturated rings. The van der Waals surface area contributed by atoms with Gasteiger partial charge < -0.3 is 23.7 Å². The van der Waals surface area contributed by atoms with Crippen LogP contribution in [0.25, 0.3) is 0 Å². The summed E-state index contributed by atoms with van der Waals surface area (Å²) < 4.78 is 31.6. The van der Waals surface area contributed by atoms with Crippen LogP contribution in [-0.4, -0.2) is 37.8 Å². The summed E-state index contributed by atoms with van der Waals surface area (Å²) in [6.07, 6.45) is 0.343. The van der Waals surface area contributed by atoms with Crippen molar-refractivity contribution in [2.75, 3.05) is 13.2 Å². The summed E-state index contributed by atoms with van der Waals surface area (Å²) in [5.74, 6) is -0.0557. The molecule has 0 N–H and O–H groups in total. The lowest BCUT2D eigenvalue weighted by molar-refractivity contribution is -0.300. The molecule has 5 atom stereocenters. The van der Waals surface area contributed by atoms with E-state index in [-0.39, 0.29) is 24.2 Å². The summed E-state index contributed by atoms with van der Waals surface area (Å²) >= 11 is 0. The molecule has 5 nitrogen and oxygen atoms in total. The van der Waals surface area contributed by atoms with Crippen LogP contribution in [0, 0.1) is 5.92 Å². The second kappa shape index (κ2) is 14.1. The Morgan fingerprint density at radius 2 is 1.19 bits per heavy atom. The highest BCUT2D eigenvalue weighted by Gasteiger charge is 2.46. The molecule has 1 aliphatic heterocycles. The SMILES string of the molecule is C=CCO[C@H]1O[C@H](COCc2ccccc2)[C@@H](OCc2ccccc2)[C@H](OCc2ccccc2)[C@@H]1C. The van der Waals surface area contributed by atoms with Crippen LogP contribution in [0.1, 0.15) is 23.6 Å². The predicted octanol–water partition coefficient (Wildman–Crippen LogP) is 5.94. The first-order chi connectivity index (χ1) is 17.7. The second-order valence-corrected chi connectivity index (χ2v) is 9.05. The predicted molar refractivity (Wildman–Crippen MR) is 140 cm³/mol. The Labute approximate surface area is 214 Å². The molecular weight excluding hydrogens is 452 g/mol. The Hall–Kier alpha value is -2.80. The minimum atomic E-state index is -0.453. The molecule has 0 bridgehead atoms. The van der Waals surface area contributed by atoms with Gasteiger partial charge in [-0.15, -0.1) is 6.58 Å². The van der Waals surface area contributed by atoms with Crippen LogP contribution in [0.3, 0.4) is 0 Å². The quantitative estimate of drug-likeness (QED) is 0.279.